The summed E-state index contributed by atoms with van der Waals surface area (Å²) < 4.78 is 40.9. The Balaban J connectivity index is 0.000000730. The zero-order valence-electron chi connectivity index (χ0n) is 25.2. The van der Waals surface area contributed by atoms with Crippen LogP contribution in [0.2, 0.25) is 0 Å². The number of carbonyl (C=O) groups is 1. The number of amides is 1. The Hall–Kier alpha value is -4.47. The Bertz CT molecular complexity index is 1430. The van der Waals surface area contributed by atoms with Crippen LogP contribution < -0.4 is 25.0 Å². The van der Waals surface area contributed by atoms with E-state index in [1.165, 1.54) is 26.4 Å². The molecule has 224 valence electrons. The van der Waals surface area contributed by atoms with Crippen LogP contribution in [0.5, 0.6) is 11.5 Å². The van der Waals surface area contributed by atoms with Crippen LogP contribution in [-0.4, -0.2) is 45.4 Å². The number of nitrogens with zero attached hydrogens (tertiary/aromatic N) is 3. The number of ether oxygens (including phenoxy) is 2. The fraction of sp³-hybridized carbons (Fsp3) is 0.344. The topological polar surface area (TPSA) is 88.1 Å². The lowest BCUT2D eigenvalue weighted by atomic mass is 9.84. The normalized spacial score (nSPS) is 15.2. The highest BCUT2D eigenvalue weighted by Crippen LogP contribution is 2.59. The van der Waals surface area contributed by atoms with E-state index < -0.39 is 17.0 Å². The lowest BCUT2D eigenvalue weighted by Gasteiger charge is -2.39. The minimum absolute atomic E-state index is 0.118. The van der Waals surface area contributed by atoms with E-state index in [1.54, 1.807) is 24.4 Å². The van der Waals surface area contributed by atoms with Crippen LogP contribution in [0.4, 0.5) is 14.5 Å². The molecule has 1 aromatic heterocycles. The minimum Gasteiger partial charge on any atom is -0.493 e. The Morgan fingerprint density at radius 2 is 1.83 bits per heavy atom. The second kappa shape index (κ2) is 13.5. The Morgan fingerprint density at radius 1 is 1.21 bits per heavy atom. The van der Waals surface area contributed by atoms with Crippen LogP contribution in [0.25, 0.3) is 5.57 Å². The highest BCUT2D eigenvalue weighted by atomic mass is 19.1. The van der Waals surface area contributed by atoms with E-state index in [1.807, 2.05) is 20.0 Å². The molecule has 0 bridgehead atoms. The fourth-order valence-electron chi connectivity index (χ4n) is 4.80. The molecule has 0 radical (unpaired) electrons. The van der Waals surface area contributed by atoms with Crippen molar-refractivity contribution in [3.63, 3.8) is 0 Å². The van der Waals surface area contributed by atoms with E-state index in [9.17, 15) is 4.79 Å². The molecule has 2 heterocycles. The van der Waals surface area contributed by atoms with E-state index >= 15 is 8.78 Å². The molecule has 8 nitrogen and oxygen atoms in total. The predicted octanol–water partition coefficient (Wildman–Crippen LogP) is 5.81. The Labute approximate surface area is 246 Å². The standard InChI is InChI=1S/C27H28F2N4O3.C5H11N/c1-7-23(34)32-20(13-30-4)15(2)19-10-18-17(12-31-19)14-33(16(3)27(18)8-9-27)26-24(28)21(35-5)11-22(36-6)25(26)29;1-4-5(2)6-3/h7,10-13H,1,3,8-9,14H2,2,4-6H3,(H,32,34);6H,2,4H2,1,3H3/b20-15-,30-13?;. The van der Waals surface area contributed by atoms with Gasteiger partial charge in [-0.25, -0.2) is 8.78 Å². The van der Waals surface area contributed by atoms with Gasteiger partial charge in [-0.1, -0.05) is 26.7 Å². The number of rotatable bonds is 9. The van der Waals surface area contributed by atoms with Gasteiger partial charge in [0.1, 0.15) is 5.69 Å². The predicted molar refractivity (Wildman–Crippen MR) is 164 cm³/mol. The summed E-state index contributed by atoms with van der Waals surface area (Å²) in [5, 5.41) is 5.67. The Morgan fingerprint density at radius 3 is 2.29 bits per heavy atom. The molecule has 4 rings (SSSR count). The van der Waals surface area contributed by atoms with E-state index in [2.05, 4.69) is 47.3 Å². The first-order valence-electron chi connectivity index (χ1n) is 13.5. The molecule has 0 atom stereocenters. The molecular formula is C32H39F2N5O3. The van der Waals surface area contributed by atoms with Crippen molar-refractivity contribution in [3.05, 3.63) is 89.7 Å². The molecular weight excluding hydrogens is 540 g/mol. The molecule has 0 unspecified atom stereocenters. The van der Waals surface area contributed by atoms with Crippen molar-refractivity contribution >= 4 is 23.4 Å². The first kappa shape index (κ1) is 32.0. The molecule has 42 heavy (non-hydrogen) atoms. The molecule has 10 heteroatoms. The van der Waals surface area contributed by atoms with Gasteiger partial charge in [0.25, 0.3) is 0 Å². The van der Waals surface area contributed by atoms with Gasteiger partial charge in [0.2, 0.25) is 5.91 Å². The number of nitrogens with one attached hydrogen (secondary N) is 2. The number of benzene rings is 1. The van der Waals surface area contributed by atoms with Crippen LogP contribution in [0, 0.1) is 11.6 Å². The number of aliphatic imine (C=N–C) groups is 1. The number of halogens is 2. The van der Waals surface area contributed by atoms with Gasteiger partial charge in [0.15, 0.2) is 23.1 Å². The molecule has 1 saturated carbocycles. The van der Waals surface area contributed by atoms with E-state index in [0.29, 0.717) is 17.1 Å². The number of hydrogen-bond acceptors (Lipinski definition) is 7. The van der Waals surface area contributed by atoms with Gasteiger partial charge in [-0.2, -0.15) is 0 Å². The zero-order valence-corrected chi connectivity index (χ0v) is 25.2. The molecule has 1 fully saturated rings. The summed E-state index contributed by atoms with van der Waals surface area (Å²) in [5.74, 6) is -2.23. The summed E-state index contributed by atoms with van der Waals surface area (Å²) in [7, 11) is 6.13. The number of methoxy groups -OCH3 is 2. The minimum atomic E-state index is -0.819. The molecule has 1 aromatic carbocycles. The number of pyridine rings is 1. The van der Waals surface area contributed by atoms with Crippen molar-refractivity contribution < 1.29 is 23.0 Å². The number of anilines is 1. The highest BCUT2D eigenvalue weighted by Gasteiger charge is 2.53. The zero-order chi connectivity index (χ0) is 31.2. The Kier molecular flexibility index (Phi) is 10.3. The maximum atomic E-state index is 15.3. The maximum Gasteiger partial charge on any atom is 0.247 e. The fourth-order valence-corrected chi connectivity index (χ4v) is 4.80. The van der Waals surface area contributed by atoms with Crippen LogP contribution in [-0.2, 0) is 16.8 Å². The third-order valence-electron chi connectivity index (χ3n) is 7.55. The van der Waals surface area contributed by atoms with Gasteiger partial charge in [-0.15, -0.1) is 0 Å². The first-order chi connectivity index (χ1) is 20.0. The maximum absolute atomic E-state index is 15.3. The second-order valence-corrected chi connectivity index (χ2v) is 9.93. The molecule has 1 amide bonds. The summed E-state index contributed by atoms with van der Waals surface area (Å²) in [4.78, 5) is 22.1. The van der Waals surface area contributed by atoms with Crippen LogP contribution in [0.3, 0.4) is 0 Å². The van der Waals surface area contributed by atoms with Crippen molar-refractivity contribution in [2.45, 2.75) is 45.1 Å². The lowest BCUT2D eigenvalue weighted by Crippen LogP contribution is -2.36. The van der Waals surface area contributed by atoms with Gasteiger partial charge in [-0.05, 0) is 55.0 Å². The van der Waals surface area contributed by atoms with Crippen LogP contribution >= 0.6 is 0 Å². The molecule has 1 aliphatic heterocycles. The molecule has 1 aliphatic carbocycles. The summed E-state index contributed by atoms with van der Waals surface area (Å²) in [6.07, 6.45) is 7.02. The van der Waals surface area contributed by atoms with Crippen molar-refractivity contribution in [1.29, 1.82) is 0 Å². The molecule has 1 spiro atoms. The van der Waals surface area contributed by atoms with Crippen molar-refractivity contribution in [2.75, 3.05) is 33.2 Å². The quantitative estimate of drug-likeness (QED) is 0.288. The summed E-state index contributed by atoms with van der Waals surface area (Å²) in [5.41, 5.74) is 4.67. The first-order valence-corrected chi connectivity index (χ1v) is 13.5. The van der Waals surface area contributed by atoms with Gasteiger partial charge in [0, 0.05) is 55.9 Å². The van der Waals surface area contributed by atoms with Crippen LogP contribution in [0.1, 0.15) is 49.9 Å². The number of hydrogen-bond donors (Lipinski definition) is 2. The smallest absolute Gasteiger partial charge is 0.247 e. The summed E-state index contributed by atoms with van der Waals surface area (Å²) in [6, 6.07) is 3.15. The summed E-state index contributed by atoms with van der Waals surface area (Å²) in [6.45, 7) is 15.5. The molecule has 2 aromatic rings. The molecule has 0 saturated heterocycles. The van der Waals surface area contributed by atoms with E-state index in [-0.39, 0.29) is 29.6 Å². The SMILES string of the molecule is C=C(CC)NC.C=CC(=O)N/C(C=NC)=C(/C)c1cc2c(cn1)CN(c1c(F)c(OC)cc(OC)c1F)C(=C)C21CC1. The third-order valence-corrected chi connectivity index (χ3v) is 7.55. The molecule has 2 aliphatic rings. The second-order valence-electron chi connectivity index (χ2n) is 9.93. The monoisotopic (exact) mass is 579 g/mol. The van der Waals surface area contributed by atoms with Gasteiger partial charge >= 0.3 is 0 Å². The number of carbonyl (C=O) groups excluding carboxylic acids is 1. The lowest BCUT2D eigenvalue weighted by molar-refractivity contribution is -0.115. The largest absolute Gasteiger partial charge is 0.493 e. The van der Waals surface area contributed by atoms with Gasteiger partial charge in [-0.3, -0.25) is 14.8 Å². The van der Waals surface area contributed by atoms with Crippen molar-refractivity contribution in [1.82, 2.24) is 15.6 Å². The number of fused-ring (bicyclic) bond motifs is 2. The highest BCUT2D eigenvalue weighted by molar-refractivity contribution is 5.98. The number of allylic oxidation sites excluding steroid dienone is 4. The summed E-state index contributed by atoms with van der Waals surface area (Å²) >= 11 is 0. The van der Waals surface area contributed by atoms with Gasteiger partial charge in [0.05, 0.1) is 25.6 Å². The van der Waals surface area contributed by atoms with Crippen LogP contribution in [0.15, 0.2) is 66.2 Å². The molecule has 2 N–H and O–H groups in total. The van der Waals surface area contributed by atoms with Gasteiger partial charge < -0.3 is 25.0 Å². The third kappa shape index (κ3) is 6.22. The van der Waals surface area contributed by atoms with Crippen molar-refractivity contribution in [3.8, 4) is 11.5 Å². The van der Waals surface area contributed by atoms with Crippen molar-refractivity contribution in [2.24, 2.45) is 4.99 Å². The average molecular weight is 580 g/mol. The average Bonchev–Trinajstić information content (AvgIpc) is 3.80. The number of aromatic nitrogens is 1. The van der Waals surface area contributed by atoms with E-state index in [4.69, 9.17) is 9.47 Å². The van der Waals surface area contributed by atoms with E-state index in [0.717, 1.165) is 41.7 Å².